The molecule has 0 aliphatic rings. The molecule has 0 radical (unpaired) electrons. The number of carbonyl (C=O) groups excluding carboxylic acids is 1. The van der Waals surface area contributed by atoms with Crippen molar-refractivity contribution in [3.05, 3.63) is 45.9 Å². The van der Waals surface area contributed by atoms with E-state index in [0.717, 1.165) is 21.3 Å². The maximum absolute atomic E-state index is 12.3. The van der Waals surface area contributed by atoms with E-state index in [-0.39, 0.29) is 12.3 Å². The minimum atomic E-state index is -0.131. The summed E-state index contributed by atoms with van der Waals surface area (Å²) in [5.41, 5.74) is 2.62. The van der Waals surface area contributed by atoms with Crippen LogP contribution in [0.4, 0.5) is 5.69 Å². The van der Waals surface area contributed by atoms with E-state index in [9.17, 15) is 4.79 Å². The van der Waals surface area contributed by atoms with Crippen molar-refractivity contribution in [1.82, 2.24) is 0 Å². The number of anilines is 1. The first-order valence-corrected chi connectivity index (χ1v) is 8.12. The van der Waals surface area contributed by atoms with Crippen LogP contribution in [0.25, 0.3) is 0 Å². The Morgan fingerprint density at radius 1 is 1.04 bits per heavy atom. The third-order valence-electron chi connectivity index (χ3n) is 3.49. The highest BCUT2D eigenvalue weighted by atomic mass is 79.9. The van der Waals surface area contributed by atoms with E-state index in [2.05, 4.69) is 21.2 Å². The number of methoxy groups -OCH3 is 3. The quantitative estimate of drug-likeness (QED) is 0.806. The van der Waals surface area contributed by atoms with E-state index < -0.39 is 0 Å². The molecule has 5 nitrogen and oxygen atoms in total. The number of amides is 1. The molecular formula is C18H20BrNO4. The van der Waals surface area contributed by atoms with Crippen LogP contribution in [0, 0.1) is 6.92 Å². The Morgan fingerprint density at radius 2 is 1.67 bits per heavy atom. The Morgan fingerprint density at radius 3 is 2.17 bits per heavy atom. The van der Waals surface area contributed by atoms with Gasteiger partial charge in [0.15, 0.2) is 11.5 Å². The molecule has 0 saturated heterocycles. The van der Waals surface area contributed by atoms with Crippen LogP contribution in [0.1, 0.15) is 11.1 Å². The summed E-state index contributed by atoms with van der Waals surface area (Å²) in [4.78, 5) is 12.3. The molecule has 2 aromatic carbocycles. The molecular weight excluding hydrogens is 374 g/mol. The maximum Gasteiger partial charge on any atom is 0.228 e. The molecule has 0 atom stereocenters. The highest BCUT2D eigenvalue weighted by molar-refractivity contribution is 9.10. The average molecular weight is 394 g/mol. The number of hydrogen-bond donors (Lipinski definition) is 1. The lowest BCUT2D eigenvalue weighted by Crippen LogP contribution is -2.15. The van der Waals surface area contributed by atoms with Crippen LogP contribution in [0.15, 0.2) is 34.8 Å². The molecule has 0 aromatic heterocycles. The predicted molar refractivity (Wildman–Crippen MR) is 97.3 cm³/mol. The fraction of sp³-hybridized carbons (Fsp3) is 0.278. The molecule has 0 saturated carbocycles. The minimum Gasteiger partial charge on any atom is -0.493 e. The van der Waals surface area contributed by atoms with Crippen molar-refractivity contribution >= 4 is 27.5 Å². The first kappa shape index (κ1) is 18.1. The summed E-state index contributed by atoms with van der Waals surface area (Å²) >= 11 is 3.45. The monoisotopic (exact) mass is 393 g/mol. The molecule has 2 rings (SSSR count). The Bertz CT molecular complexity index is 721. The van der Waals surface area contributed by atoms with Crippen molar-refractivity contribution in [2.45, 2.75) is 13.3 Å². The van der Waals surface area contributed by atoms with E-state index in [1.165, 1.54) is 0 Å². The van der Waals surface area contributed by atoms with Gasteiger partial charge >= 0.3 is 0 Å². The number of nitrogens with one attached hydrogen (secondary N) is 1. The third-order valence-corrected chi connectivity index (χ3v) is 4.14. The highest BCUT2D eigenvalue weighted by Gasteiger charge is 2.15. The van der Waals surface area contributed by atoms with Gasteiger partial charge in [0.05, 0.1) is 33.4 Å². The van der Waals surface area contributed by atoms with Crippen molar-refractivity contribution in [3.8, 4) is 17.2 Å². The average Bonchev–Trinajstić information content (AvgIpc) is 2.56. The zero-order valence-electron chi connectivity index (χ0n) is 14.1. The molecule has 6 heteroatoms. The predicted octanol–water partition coefficient (Wildman–Crippen LogP) is 3.96. The maximum atomic E-state index is 12.3. The number of ether oxygens (including phenoxy) is 3. The van der Waals surface area contributed by atoms with E-state index >= 15 is 0 Å². The van der Waals surface area contributed by atoms with Crippen molar-refractivity contribution in [2.75, 3.05) is 26.6 Å². The Balaban J connectivity index is 2.19. The first-order valence-electron chi connectivity index (χ1n) is 7.33. The Kier molecular flexibility index (Phi) is 6.09. The van der Waals surface area contributed by atoms with Crippen molar-refractivity contribution < 1.29 is 19.0 Å². The van der Waals surface area contributed by atoms with Crippen molar-refractivity contribution in [2.24, 2.45) is 0 Å². The molecule has 0 aliphatic heterocycles. The molecule has 2 aromatic rings. The second-order valence-electron chi connectivity index (χ2n) is 5.24. The molecule has 0 spiro atoms. The number of benzene rings is 2. The smallest absolute Gasteiger partial charge is 0.228 e. The summed E-state index contributed by atoms with van der Waals surface area (Å²) in [5, 5.41) is 2.89. The summed E-state index contributed by atoms with van der Waals surface area (Å²) in [6.45, 7) is 1.99. The van der Waals surface area contributed by atoms with Gasteiger partial charge < -0.3 is 19.5 Å². The van der Waals surface area contributed by atoms with Crippen molar-refractivity contribution in [3.63, 3.8) is 0 Å². The van der Waals surface area contributed by atoms with Crippen LogP contribution < -0.4 is 19.5 Å². The van der Waals surface area contributed by atoms with E-state index in [1.54, 1.807) is 33.5 Å². The lowest BCUT2D eigenvalue weighted by atomic mass is 10.1. The zero-order valence-corrected chi connectivity index (χ0v) is 15.7. The normalized spacial score (nSPS) is 10.2. The second kappa shape index (κ2) is 8.06. The Labute approximate surface area is 150 Å². The van der Waals surface area contributed by atoms with Crippen LogP contribution in [-0.4, -0.2) is 27.2 Å². The van der Waals surface area contributed by atoms with Gasteiger partial charge in [-0.25, -0.2) is 0 Å². The minimum absolute atomic E-state index is 0.131. The van der Waals surface area contributed by atoms with Crippen molar-refractivity contribution in [1.29, 1.82) is 0 Å². The largest absolute Gasteiger partial charge is 0.493 e. The summed E-state index contributed by atoms with van der Waals surface area (Å²) in [6.07, 6.45) is 0.191. The fourth-order valence-corrected chi connectivity index (χ4v) is 2.93. The molecule has 24 heavy (non-hydrogen) atoms. The second-order valence-corrected chi connectivity index (χ2v) is 6.10. The van der Waals surface area contributed by atoms with Crippen LogP contribution in [0.3, 0.4) is 0 Å². The molecule has 1 amide bonds. The SMILES string of the molecule is COc1cc(CC(=O)Nc2ccc(C)cc2Br)cc(OC)c1OC. The number of halogens is 1. The molecule has 0 bridgehead atoms. The summed E-state index contributed by atoms with van der Waals surface area (Å²) < 4.78 is 16.7. The van der Waals surface area contributed by atoms with Gasteiger partial charge in [-0.1, -0.05) is 6.07 Å². The summed E-state index contributed by atoms with van der Waals surface area (Å²) in [7, 11) is 4.64. The van der Waals surface area contributed by atoms with Gasteiger partial charge in [-0.2, -0.15) is 0 Å². The molecule has 0 fully saturated rings. The fourth-order valence-electron chi connectivity index (χ4n) is 2.34. The summed E-state index contributed by atoms with van der Waals surface area (Å²) in [5.74, 6) is 1.42. The lowest BCUT2D eigenvalue weighted by molar-refractivity contribution is -0.115. The first-order chi connectivity index (χ1) is 11.5. The molecule has 0 heterocycles. The van der Waals surface area contributed by atoms with Gasteiger partial charge in [0.2, 0.25) is 11.7 Å². The van der Waals surface area contributed by atoms with Crippen LogP contribution in [-0.2, 0) is 11.2 Å². The molecule has 0 aliphatic carbocycles. The van der Waals surface area contributed by atoms with Crippen LogP contribution in [0.5, 0.6) is 17.2 Å². The van der Waals surface area contributed by atoms with Crippen LogP contribution >= 0.6 is 15.9 Å². The Hall–Kier alpha value is -2.21. The number of carbonyl (C=O) groups is 1. The standard InChI is InChI=1S/C18H20BrNO4/c1-11-5-6-14(13(19)7-11)20-17(21)10-12-8-15(22-2)18(24-4)16(9-12)23-3/h5-9H,10H2,1-4H3,(H,20,21). The van der Waals surface area contributed by atoms with Gasteiger partial charge in [-0.05, 0) is 58.2 Å². The number of rotatable bonds is 6. The van der Waals surface area contributed by atoms with E-state index in [1.807, 2.05) is 25.1 Å². The summed E-state index contributed by atoms with van der Waals surface area (Å²) in [6, 6.07) is 9.30. The van der Waals surface area contributed by atoms with Crippen LogP contribution in [0.2, 0.25) is 0 Å². The number of aryl methyl sites for hydroxylation is 1. The molecule has 1 N–H and O–H groups in total. The van der Waals surface area contributed by atoms with Gasteiger partial charge in [-0.15, -0.1) is 0 Å². The topological polar surface area (TPSA) is 56.8 Å². The van der Waals surface area contributed by atoms with Gasteiger partial charge in [0.1, 0.15) is 0 Å². The molecule has 0 unspecified atom stereocenters. The lowest BCUT2D eigenvalue weighted by Gasteiger charge is -2.14. The van der Waals surface area contributed by atoms with Gasteiger partial charge in [-0.3, -0.25) is 4.79 Å². The molecule has 128 valence electrons. The number of hydrogen-bond acceptors (Lipinski definition) is 4. The van der Waals surface area contributed by atoms with Gasteiger partial charge in [0, 0.05) is 4.47 Å². The zero-order chi connectivity index (χ0) is 17.7. The van der Waals surface area contributed by atoms with E-state index in [0.29, 0.717) is 17.2 Å². The van der Waals surface area contributed by atoms with E-state index in [4.69, 9.17) is 14.2 Å². The van der Waals surface area contributed by atoms with Gasteiger partial charge in [0.25, 0.3) is 0 Å². The highest BCUT2D eigenvalue weighted by Crippen LogP contribution is 2.38. The third kappa shape index (κ3) is 4.20.